The minimum Gasteiger partial charge on any atom is -0.394 e. The van der Waals surface area contributed by atoms with Gasteiger partial charge in [-0.1, -0.05) is 372 Å². The molecule has 0 rings (SSSR count). The van der Waals surface area contributed by atoms with Crippen molar-refractivity contribution in [2.75, 3.05) is 6.61 Å². The van der Waals surface area contributed by atoms with Crippen molar-refractivity contribution >= 4 is 5.91 Å². The highest BCUT2D eigenvalue weighted by atomic mass is 16.3. The largest absolute Gasteiger partial charge is 0.394 e. The molecular weight excluding hydrogens is 903 g/mol. The molecular formula is C70H137NO3. The molecule has 0 aromatic rings. The van der Waals surface area contributed by atoms with E-state index >= 15 is 0 Å². The number of carbonyl (C=O) groups excluding carboxylic acids is 1. The first-order valence-corrected chi connectivity index (χ1v) is 34.6. The van der Waals surface area contributed by atoms with E-state index in [9.17, 15) is 15.0 Å². The van der Waals surface area contributed by atoms with Gasteiger partial charge in [-0.15, -0.1) is 0 Å². The number of unbranched alkanes of at least 4 members (excludes halogenated alkanes) is 56. The third kappa shape index (κ3) is 61.7. The van der Waals surface area contributed by atoms with Gasteiger partial charge in [-0.2, -0.15) is 0 Å². The van der Waals surface area contributed by atoms with Crippen LogP contribution in [0.2, 0.25) is 0 Å². The molecule has 0 bridgehead atoms. The van der Waals surface area contributed by atoms with E-state index in [-0.39, 0.29) is 12.5 Å². The van der Waals surface area contributed by atoms with Gasteiger partial charge in [-0.25, -0.2) is 0 Å². The maximum atomic E-state index is 12.5. The zero-order chi connectivity index (χ0) is 53.4. The fourth-order valence-corrected chi connectivity index (χ4v) is 11.2. The van der Waals surface area contributed by atoms with Gasteiger partial charge in [0.15, 0.2) is 0 Å². The van der Waals surface area contributed by atoms with E-state index in [0.29, 0.717) is 6.42 Å². The summed E-state index contributed by atoms with van der Waals surface area (Å²) >= 11 is 0. The summed E-state index contributed by atoms with van der Waals surface area (Å²) in [6.07, 6.45) is 89.8. The molecule has 3 N–H and O–H groups in total. The Kier molecular flexibility index (Phi) is 65.1. The summed E-state index contributed by atoms with van der Waals surface area (Å²) < 4.78 is 0. The van der Waals surface area contributed by atoms with Crippen molar-refractivity contribution in [3.05, 3.63) is 24.3 Å². The second-order valence-corrected chi connectivity index (χ2v) is 24.0. The molecule has 0 aliphatic heterocycles. The molecule has 0 fully saturated rings. The molecule has 440 valence electrons. The van der Waals surface area contributed by atoms with Crippen LogP contribution in [0, 0.1) is 0 Å². The van der Waals surface area contributed by atoms with Crippen LogP contribution in [0.4, 0.5) is 0 Å². The summed E-state index contributed by atoms with van der Waals surface area (Å²) in [7, 11) is 0. The zero-order valence-corrected chi connectivity index (χ0v) is 50.9. The van der Waals surface area contributed by atoms with Crippen LogP contribution < -0.4 is 5.32 Å². The predicted molar refractivity (Wildman–Crippen MR) is 332 cm³/mol. The van der Waals surface area contributed by atoms with E-state index < -0.39 is 12.1 Å². The van der Waals surface area contributed by atoms with Crippen molar-refractivity contribution in [1.82, 2.24) is 5.32 Å². The van der Waals surface area contributed by atoms with Gasteiger partial charge in [0.05, 0.1) is 18.8 Å². The van der Waals surface area contributed by atoms with E-state index in [2.05, 4.69) is 31.3 Å². The maximum Gasteiger partial charge on any atom is 0.220 e. The fraction of sp³-hybridized carbons (Fsp3) is 0.929. The van der Waals surface area contributed by atoms with Gasteiger partial charge in [0.1, 0.15) is 0 Å². The van der Waals surface area contributed by atoms with Gasteiger partial charge >= 0.3 is 0 Å². The van der Waals surface area contributed by atoms with Crippen molar-refractivity contribution in [3.8, 4) is 0 Å². The molecule has 0 aliphatic rings. The second-order valence-electron chi connectivity index (χ2n) is 24.0. The lowest BCUT2D eigenvalue weighted by Crippen LogP contribution is -2.45. The van der Waals surface area contributed by atoms with Gasteiger partial charge in [-0.3, -0.25) is 4.79 Å². The lowest BCUT2D eigenvalue weighted by molar-refractivity contribution is -0.123. The van der Waals surface area contributed by atoms with Crippen molar-refractivity contribution < 1.29 is 15.0 Å². The minimum absolute atomic E-state index is 0.0548. The molecule has 0 radical (unpaired) electrons. The number of rotatable bonds is 65. The third-order valence-corrected chi connectivity index (χ3v) is 16.4. The van der Waals surface area contributed by atoms with Crippen LogP contribution in [0.1, 0.15) is 399 Å². The van der Waals surface area contributed by atoms with Crippen molar-refractivity contribution in [2.24, 2.45) is 0 Å². The van der Waals surface area contributed by atoms with Crippen molar-refractivity contribution in [2.45, 2.75) is 411 Å². The fourth-order valence-electron chi connectivity index (χ4n) is 11.2. The molecule has 0 aromatic carbocycles. The highest BCUT2D eigenvalue weighted by Crippen LogP contribution is 2.19. The Hall–Kier alpha value is -1.13. The molecule has 0 aliphatic carbocycles. The van der Waals surface area contributed by atoms with E-state index in [1.54, 1.807) is 6.08 Å². The molecule has 0 saturated heterocycles. The topological polar surface area (TPSA) is 69.6 Å². The van der Waals surface area contributed by atoms with Crippen LogP contribution in [0.15, 0.2) is 24.3 Å². The van der Waals surface area contributed by atoms with Gasteiger partial charge in [0, 0.05) is 6.42 Å². The normalized spacial score (nSPS) is 12.8. The average Bonchev–Trinajstić information content (AvgIpc) is 3.40. The highest BCUT2D eigenvalue weighted by molar-refractivity contribution is 5.76. The summed E-state index contributed by atoms with van der Waals surface area (Å²) in [4.78, 5) is 12.5. The van der Waals surface area contributed by atoms with Gasteiger partial charge < -0.3 is 15.5 Å². The number of carbonyl (C=O) groups is 1. The summed E-state index contributed by atoms with van der Waals surface area (Å²) in [6, 6.07) is -0.621. The molecule has 0 aromatic heterocycles. The summed E-state index contributed by atoms with van der Waals surface area (Å²) in [5.41, 5.74) is 0. The SMILES string of the molecule is CCCCCCCCCC/C=C\CCCCCCCCCCCCCCCCCCCCCC(=O)NC(CO)C(O)/C=C/CCCCCCCCCCCCCCCCCCCCCCCCCCCCCCC. The van der Waals surface area contributed by atoms with Gasteiger partial charge in [-0.05, 0) is 44.9 Å². The van der Waals surface area contributed by atoms with E-state index in [4.69, 9.17) is 0 Å². The average molecular weight is 1040 g/mol. The van der Waals surface area contributed by atoms with E-state index in [1.165, 1.54) is 353 Å². The third-order valence-electron chi connectivity index (χ3n) is 16.4. The first-order valence-electron chi connectivity index (χ1n) is 34.6. The monoisotopic (exact) mass is 1040 g/mol. The quantitative estimate of drug-likeness (QED) is 0.0420. The summed E-state index contributed by atoms with van der Waals surface area (Å²) in [5.74, 6) is -0.0548. The lowest BCUT2D eigenvalue weighted by atomic mass is 10.0. The maximum absolute atomic E-state index is 12.5. The van der Waals surface area contributed by atoms with Crippen LogP contribution in [-0.4, -0.2) is 34.9 Å². The number of nitrogens with one attached hydrogen (secondary N) is 1. The molecule has 1 amide bonds. The molecule has 0 spiro atoms. The van der Waals surface area contributed by atoms with Crippen LogP contribution >= 0.6 is 0 Å². The number of aliphatic hydroxyl groups excluding tert-OH is 2. The summed E-state index contributed by atoms with van der Waals surface area (Å²) in [6.45, 7) is 4.36. The Bertz CT molecular complexity index is 1090. The number of hydrogen-bond acceptors (Lipinski definition) is 3. The first-order chi connectivity index (χ1) is 36.7. The first kappa shape index (κ1) is 72.9. The molecule has 4 nitrogen and oxygen atoms in total. The van der Waals surface area contributed by atoms with Crippen LogP contribution in [0.25, 0.3) is 0 Å². The van der Waals surface area contributed by atoms with Crippen molar-refractivity contribution in [1.29, 1.82) is 0 Å². The van der Waals surface area contributed by atoms with Gasteiger partial charge in [0.2, 0.25) is 5.91 Å². The Labute approximate surface area is 466 Å². The minimum atomic E-state index is -0.839. The zero-order valence-electron chi connectivity index (χ0n) is 50.9. The number of hydrogen-bond donors (Lipinski definition) is 3. The van der Waals surface area contributed by atoms with Crippen LogP contribution in [0.3, 0.4) is 0 Å². The predicted octanol–water partition coefficient (Wildman–Crippen LogP) is 23.4. The molecule has 74 heavy (non-hydrogen) atoms. The molecule has 0 saturated carbocycles. The number of aliphatic hydroxyl groups is 2. The standard InChI is InChI=1S/C70H137NO3/c1-3-5-7-9-11-13-15-17-19-21-23-25-27-29-31-33-35-37-39-41-43-45-47-49-51-53-55-57-59-61-63-65-69(73)68(67-72)71-70(74)66-64-62-60-58-56-54-52-50-48-46-44-42-40-38-36-34-32-30-28-26-24-22-20-18-16-14-12-10-8-6-4-2/h22,24,63,65,68-69,72-73H,3-21,23,25-62,64,66-67H2,1-2H3,(H,71,74)/b24-22-,65-63+. The highest BCUT2D eigenvalue weighted by Gasteiger charge is 2.18. The van der Waals surface area contributed by atoms with Gasteiger partial charge in [0.25, 0.3) is 0 Å². The van der Waals surface area contributed by atoms with Crippen molar-refractivity contribution in [3.63, 3.8) is 0 Å². The Morgan fingerprint density at radius 3 is 0.743 bits per heavy atom. The summed E-state index contributed by atoms with van der Waals surface area (Å²) in [5, 5.41) is 23.3. The molecule has 2 unspecified atom stereocenters. The van der Waals surface area contributed by atoms with E-state index in [1.807, 2.05) is 6.08 Å². The Morgan fingerprint density at radius 1 is 0.311 bits per heavy atom. The number of allylic oxidation sites excluding steroid dienone is 3. The van der Waals surface area contributed by atoms with Crippen LogP contribution in [0.5, 0.6) is 0 Å². The molecule has 0 heterocycles. The van der Waals surface area contributed by atoms with E-state index in [0.717, 1.165) is 25.7 Å². The Balaban J connectivity index is 3.41. The molecule has 2 atom stereocenters. The second kappa shape index (κ2) is 66.2. The smallest absolute Gasteiger partial charge is 0.220 e. The Morgan fingerprint density at radius 2 is 0.514 bits per heavy atom. The lowest BCUT2D eigenvalue weighted by Gasteiger charge is -2.20. The van der Waals surface area contributed by atoms with Crippen LogP contribution in [-0.2, 0) is 4.79 Å². The number of amides is 1. The molecule has 4 heteroatoms.